The van der Waals surface area contributed by atoms with Crippen LogP contribution in [0.2, 0.25) is 0 Å². The summed E-state index contributed by atoms with van der Waals surface area (Å²) in [5.74, 6) is 1.16. The van der Waals surface area contributed by atoms with Crippen molar-refractivity contribution in [3.05, 3.63) is 0 Å². The summed E-state index contributed by atoms with van der Waals surface area (Å²) in [6, 6.07) is 0. The van der Waals surface area contributed by atoms with Gasteiger partial charge in [0.05, 0.1) is 19.8 Å². The predicted molar refractivity (Wildman–Crippen MR) is 51.6 cm³/mol. The summed E-state index contributed by atoms with van der Waals surface area (Å²) in [6.45, 7) is 3.70. The van der Waals surface area contributed by atoms with Gasteiger partial charge in [0.1, 0.15) is 0 Å². The molecule has 14 heavy (non-hydrogen) atoms. The molecule has 2 heterocycles. The fourth-order valence-corrected chi connectivity index (χ4v) is 1.45. The second kappa shape index (κ2) is 4.56. The predicted octanol–water partition coefficient (Wildman–Crippen LogP) is -0.252. The van der Waals surface area contributed by atoms with Crippen LogP contribution in [-0.2, 0) is 11.3 Å². The molecule has 0 saturated carbocycles. The standard InChI is InChI=1S/C7H12ClN5O/c8-1-2-13-10-7(9-11-13)12-3-5-14-6-4-12/h1-6H2. The molecule has 1 aliphatic heterocycles. The lowest BCUT2D eigenvalue weighted by Crippen LogP contribution is -2.37. The van der Waals surface area contributed by atoms with Crippen LogP contribution in [0.25, 0.3) is 0 Å². The number of anilines is 1. The van der Waals surface area contributed by atoms with E-state index in [0.717, 1.165) is 26.3 Å². The van der Waals surface area contributed by atoms with Gasteiger partial charge in [-0.05, 0) is 5.21 Å². The molecule has 0 bridgehead atoms. The van der Waals surface area contributed by atoms with Crippen LogP contribution in [0.3, 0.4) is 0 Å². The maximum absolute atomic E-state index is 5.57. The highest BCUT2D eigenvalue weighted by Gasteiger charge is 2.15. The van der Waals surface area contributed by atoms with Gasteiger partial charge in [0, 0.05) is 19.0 Å². The molecule has 7 heteroatoms. The fourth-order valence-electron chi connectivity index (χ4n) is 1.30. The molecule has 2 rings (SSSR count). The van der Waals surface area contributed by atoms with E-state index in [0.29, 0.717) is 18.4 Å². The van der Waals surface area contributed by atoms with Crippen molar-refractivity contribution in [1.29, 1.82) is 0 Å². The quantitative estimate of drug-likeness (QED) is 0.654. The fraction of sp³-hybridized carbons (Fsp3) is 0.857. The smallest absolute Gasteiger partial charge is 0.266 e. The van der Waals surface area contributed by atoms with Crippen LogP contribution >= 0.6 is 11.6 Å². The molecule has 1 fully saturated rings. The van der Waals surface area contributed by atoms with Gasteiger partial charge in [0.15, 0.2) is 0 Å². The number of hydrogen-bond donors (Lipinski definition) is 0. The van der Waals surface area contributed by atoms with E-state index in [1.807, 2.05) is 0 Å². The number of ether oxygens (including phenoxy) is 1. The molecule has 0 radical (unpaired) electrons. The molecule has 0 aliphatic carbocycles. The summed E-state index contributed by atoms with van der Waals surface area (Å²) in [5.41, 5.74) is 0. The maximum Gasteiger partial charge on any atom is 0.266 e. The molecule has 1 aromatic rings. The van der Waals surface area contributed by atoms with E-state index in [4.69, 9.17) is 16.3 Å². The number of hydrogen-bond acceptors (Lipinski definition) is 5. The van der Waals surface area contributed by atoms with Crippen LogP contribution in [0.1, 0.15) is 0 Å². The molecule has 1 saturated heterocycles. The molecule has 6 nitrogen and oxygen atoms in total. The van der Waals surface area contributed by atoms with Crippen molar-refractivity contribution in [1.82, 2.24) is 20.2 Å². The monoisotopic (exact) mass is 217 g/mol. The number of aryl methyl sites for hydroxylation is 1. The van der Waals surface area contributed by atoms with Gasteiger partial charge in [-0.15, -0.1) is 16.7 Å². The molecule has 78 valence electrons. The Labute approximate surface area is 86.8 Å². The van der Waals surface area contributed by atoms with E-state index in [1.165, 1.54) is 4.80 Å². The van der Waals surface area contributed by atoms with E-state index in [1.54, 1.807) is 0 Å². The Hall–Kier alpha value is -0.880. The largest absolute Gasteiger partial charge is 0.378 e. The second-order valence-corrected chi connectivity index (χ2v) is 3.35. The van der Waals surface area contributed by atoms with E-state index >= 15 is 0 Å². The molecular weight excluding hydrogens is 206 g/mol. The zero-order chi connectivity index (χ0) is 9.80. The van der Waals surface area contributed by atoms with Crippen molar-refractivity contribution in [3.63, 3.8) is 0 Å². The Kier molecular flexibility index (Phi) is 3.15. The summed E-state index contributed by atoms with van der Waals surface area (Å²) in [6.07, 6.45) is 0. The molecule has 0 amide bonds. The number of rotatable bonds is 3. The van der Waals surface area contributed by atoms with Crippen LogP contribution in [0.5, 0.6) is 0 Å². The highest BCUT2D eigenvalue weighted by molar-refractivity contribution is 6.17. The van der Waals surface area contributed by atoms with Gasteiger partial charge < -0.3 is 9.64 Å². The number of nitrogens with zero attached hydrogens (tertiary/aromatic N) is 5. The third kappa shape index (κ3) is 2.13. The van der Waals surface area contributed by atoms with Gasteiger partial charge in [0.2, 0.25) is 0 Å². The highest BCUT2D eigenvalue weighted by Crippen LogP contribution is 2.06. The molecule has 0 atom stereocenters. The van der Waals surface area contributed by atoms with Crippen LogP contribution in [0.15, 0.2) is 0 Å². The number of halogens is 1. The minimum absolute atomic E-state index is 0.499. The summed E-state index contributed by atoms with van der Waals surface area (Å²) < 4.78 is 5.23. The minimum atomic E-state index is 0.499. The molecular formula is C7H12ClN5O. The van der Waals surface area contributed by atoms with Crippen LogP contribution in [0, 0.1) is 0 Å². The minimum Gasteiger partial charge on any atom is -0.378 e. The highest BCUT2D eigenvalue weighted by atomic mass is 35.5. The lowest BCUT2D eigenvalue weighted by Gasteiger charge is -2.24. The molecule has 0 spiro atoms. The zero-order valence-corrected chi connectivity index (χ0v) is 8.52. The average Bonchev–Trinajstić information content (AvgIpc) is 2.68. The van der Waals surface area contributed by atoms with Crippen LogP contribution in [-0.4, -0.2) is 52.4 Å². The van der Waals surface area contributed by atoms with Crippen LogP contribution < -0.4 is 4.90 Å². The molecule has 0 aromatic carbocycles. The van der Waals surface area contributed by atoms with Gasteiger partial charge in [-0.25, -0.2) is 0 Å². The summed E-state index contributed by atoms with van der Waals surface area (Å²) in [7, 11) is 0. The topological polar surface area (TPSA) is 56.1 Å². The Morgan fingerprint density at radius 2 is 2.14 bits per heavy atom. The normalized spacial score (nSPS) is 17.4. The maximum atomic E-state index is 5.57. The Morgan fingerprint density at radius 3 is 2.86 bits per heavy atom. The Morgan fingerprint density at radius 1 is 1.36 bits per heavy atom. The van der Waals surface area contributed by atoms with E-state index in [9.17, 15) is 0 Å². The van der Waals surface area contributed by atoms with Gasteiger partial charge in [-0.2, -0.15) is 4.80 Å². The third-order valence-electron chi connectivity index (χ3n) is 2.02. The summed E-state index contributed by atoms with van der Waals surface area (Å²) >= 11 is 5.57. The lowest BCUT2D eigenvalue weighted by atomic mass is 10.4. The first kappa shape index (κ1) is 9.67. The SMILES string of the molecule is ClCCn1nnc(N2CCOCC2)n1. The van der Waals surface area contributed by atoms with E-state index in [2.05, 4.69) is 20.3 Å². The van der Waals surface area contributed by atoms with E-state index in [-0.39, 0.29) is 0 Å². The van der Waals surface area contributed by atoms with Crippen molar-refractivity contribution < 1.29 is 4.74 Å². The van der Waals surface area contributed by atoms with E-state index < -0.39 is 0 Å². The first-order chi connectivity index (χ1) is 6.90. The molecule has 0 N–H and O–H groups in total. The van der Waals surface area contributed by atoms with Gasteiger partial charge in [-0.1, -0.05) is 5.10 Å². The lowest BCUT2D eigenvalue weighted by molar-refractivity contribution is 0.122. The zero-order valence-electron chi connectivity index (χ0n) is 7.76. The van der Waals surface area contributed by atoms with Gasteiger partial charge >= 0.3 is 0 Å². The van der Waals surface area contributed by atoms with Crippen molar-refractivity contribution in [3.8, 4) is 0 Å². The Balaban J connectivity index is 2.00. The number of alkyl halides is 1. The molecule has 1 aliphatic rings. The summed E-state index contributed by atoms with van der Waals surface area (Å²) in [5, 5.41) is 12.0. The first-order valence-corrected chi connectivity index (χ1v) is 5.10. The van der Waals surface area contributed by atoms with Crippen LogP contribution in [0.4, 0.5) is 5.95 Å². The first-order valence-electron chi connectivity index (χ1n) is 4.56. The van der Waals surface area contributed by atoms with Crippen molar-refractivity contribution in [2.24, 2.45) is 0 Å². The van der Waals surface area contributed by atoms with Gasteiger partial charge in [0.25, 0.3) is 5.95 Å². The number of aromatic nitrogens is 4. The van der Waals surface area contributed by atoms with Crippen molar-refractivity contribution >= 4 is 17.5 Å². The molecule has 1 aromatic heterocycles. The average molecular weight is 218 g/mol. The van der Waals surface area contributed by atoms with Crippen molar-refractivity contribution in [2.75, 3.05) is 37.1 Å². The third-order valence-corrected chi connectivity index (χ3v) is 2.19. The molecule has 0 unspecified atom stereocenters. The van der Waals surface area contributed by atoms with Crippen molar-refractivity contribution in [2.45, 2.75) is 6.54 Å². The number of morpholine rings is 1. The number of tetrazole rings is 1. The second-order valence-electron chi connectivity index (χ2n) is 2.97. The summed E-state index contributed by atoms with van der Waals surface area (Å²) in [4.78, 5) is 3.57. The Bertz CT molecular complexity index is 285. The van der Waals surface area contributed by atoms with Gasteiger partial charge in [-0.3, -0.25) is 0 Å².